The number of alkyl halides is 3. The van der Waals surface area contributed by atoms with Gasteiger partial charge < -0.3 is 10.4 Å². The maximum Gasteiger partial charge on any atom is 0.417 e. The molecule has 2 N–H and O–H groups in total. The third-order valence-electron chi connectivity index (χ3n) is 6.37. The van der Waals surface area contributed by atoms with Crippen LogP contribution in [-0.4, -0.2) is 54.8 Å². The fourth-order valence-electron chi connectivity index (χ4n) is 4.56. The van der Waals surface area contributed by atoms with E-state index in [-0.39, 0.29) is 22.3 Å². The van der Waals surface area contributed by atoms with Crippen LogP contribution in [0.15, 0.2) is 55.1 Å². The number of aromatic nitrogens is 4. The first-order valence-electron chi connectivity index (χ1n) is 12.0. The second-order valence-corrected chi connectivity index (χ2v) is 9.11. The number of likely N-dealkylation sites (tertiary alicyclic amines) is 1. The van der Waals surface area contributed by atoms with Gasteiger partial charge in [0.2, 0.25) is 0 Å². The van der Waals surface area contributed by atoms with Gasteiger partial charge >= 0.3 is 18.2 Å². The van der Waals surface area contributed by atoms with Gasteiger partial charge in [-0.25, -0.2) is 9.59 Å². The van der Waals surface area contributed by atoms with Crippen molar-refractivity contribution in [2.24, 2.45) is 0 Å². The number of halogens is 3. The topological polar surface area (TPSA) is 113 Å². The Hall–Kier alpha value is -4.32. The third kappa shape index (κ3) is 5.35. The number of aromatic carboxylic acids is 1. The molecule has 9 nitrogen and oxygen atoms in total. The molecule has 0 spiro atoms. The first-order valence-corrected chi connectivity index (χ1v) is 12.0. The van der Waals surface area contributed by atoms with Gasteiger partial charge in [-0.15, -0.1) is 0 Å². The van der Waals surface area contributed by atoms with E-state index in [1.54, 1.807) is 24.4 Å². The number of amides is 1. The highest BCUT2D eigenvalue weighted by molar-refractivity contribution is 6.06. The van der Waals surface area contributed by atoms with Crippen LogP contribution >= 0.6 is 0 Å². The lowest BCUT2D eigenvalue weighted by atomic mass is 10.0. The quantitative estimate of drug-likeness (QED) is 0.365. The van der Waals surface area contributed by atoms with Crippen molar-refractivity contribution >= 4 is 28.6 Å². The summed E-state index contributed by atoms with van der Waals surface area (Å²) < 4.78 is 39.8. The summed E-state index contributed by atoms with van der Waals surface area (Å²) in [6.07, 6.45) is 4.12. The molecule has 1 fully saturated rings. The van der Waals surface area contributed by atoms with E-state index in [2.05, 4.69) is 25.3 Å². The molecule has 1 saturated heterocycles. The minimum Gasteiger partial charge on any atom is -0.476 e. The maximum absolute atomic E-state index is 13.0. The van der Waals surface area contributed by atoms with Crippen molar-refractivity contribution in [3.05, 3.63) is 71.9 Å². The van der Waals surface area contributed by atoms with Crippen LogP contribution in [0.5, 0.6) is 0 Å². The zero-order valence-corrected chi connectivity index (χ0v) is 20.1. The predicted molar refractivity (Wildman–Crippen MR) is 133 cm³/mol. The van der Waals surface area contributed by atoms with Gasteiger partial charge in [-0.1, -0.05) is 12.5 Å². The molecule has 1 aromatic carbocycles. The number of carboxylic acid groups (broad SMARTS) is 1. The minimum atomic E-state index is -4.64. The number of carbonyl (C=O) groups excluding carboxylic acids is 1. The smallest absolute Gasteiger partial charge is 0.417 e. The fraction of sp³-hybridized carbons (Fsp3) is 0.269. The lowest BCUT2D eigenvalue weighted by molar-refractivity contribution is -0.137. The predicted octanol–water partition coefficient (Wildman–Crippen LogP) is 5.28. The number of benzene rings is 1. The van der Waals surface area contributed by atoms with Crippen LogP contribution < -0.4 is 5.32 Å². The van der Waals surface area contributed by atoms with Gasteiger partial charge in [0.25, 0.3) is 0 Å². The highest BCUT2D eigenvalue weighted by atomic mass is 19.4. The maximum atomic E-state index is 13.0. The summed E-state index contributed by atoms with van der Waals surface area (Å²) in [5.74, 6) is -1.35. The highest BCUT2D eigenvalue weighted by Gasteiger charge is 2.31. The van der Waals surface area contributed by atoms with Crippen molar-refractivity contribution in [1.82, 2.24) is 24.6 Å². The van der Waals surface area contributed by atoms with Crippen LogP contribution in [0.4, 0.5) is 23.7 Å². The second-order valence-electron chi connectivity index (χ2n) is 9.11. The standard InChI is InChI=1S/C26H23F3N6O3/c27-26(28,29)19-10-20(14-31-13-19)32-25(38)35-22-5-4-17(9-21(22)23(33-35)24(36)37)18-8-16(11-30-12-18)15-34-6-2-1-3-7-34/h4-5,8-14H,1-3,6-7,15H2,(H,32,38)(H,36,37). The van der Waals surface area contributed by atoms with Crippen molar-refractivity contribution in [1.29, 1.82) is 0 Å². The Labute approximate surface area is 214 Å². The first kappa shape index (κ1) is 25.3. The average Bonchev–Trinajstić information content (AvgIpc) is 3.29. The molecule has 4 heterocycles. The number of hydrogen-bond donors (Lipinski definition) is 2. The van der Waals surface area contributed by atoms with Crippen LogP contribution in [0.1, 0.15) is 40.9 Å². The molecule has 1 amide bonds. The second kappa shape index (κ2) is 10.2. The van der Waals surface area contributed by atoms with E-state index in [4.69, 9.17) is 0 Å². The Balaban J connectivity index is 1.45. The molecule has 12 heteroatoms. The van der Waals surface area contributed by atoms with Gasteiger partial charge in [0.1, 0.15) is 0 Å². The fourth-order valence-corrected chi connectivity index (χ4v) is 4.56. The zero-order chi connectivity index (χ0) is 26.9. The van der Waals surface area contributed by atoms with Gasteiger partial charge in [-0.2, -0.15) is 23.0 Å². The van der Waals surface area contributed by atoms with Crippen molar-refractivity contribution in [2.75, 3.05) is 18.4 Å². The Morgan fingerprint density at radius 1 is 0.947 bits per heavy atom. The molecule has 1 aliphatic heterocycles. The van der Waals surface area contributed by atoms with Crippen LogP contribution in [0.25, 0.3) is 22.0 Å². The number of hydrogen-bond acceptors (Lipinski definition) is 6. The Kier molecular flexibility index (Phi) is 6.81. The van der Waals surface area contributed by atoms with E-state index in [0.29, 0.717) is 11.8 Å². The van der Waals surface area contributed by atoms with E-state index < -0.39 is 23.7 Å². The molecule has 0 saturated carbocycles. The van der Waals surface area contributed by atoms with E-state index >= 15 is 0 Å². The van der Waals surface area contributed by atoms with E-state index in [9.17, 15) is 27.9 Å². The van der Waals surface area contributed by atoms with Gasteiger partial charge in [-0.3, -0.25) is 14.9 Å². The number of piperidine rings is 1. The van der Waals surface area contributed by atoms with Crippen molar-refractivity contribution in [3.63, 3.8) is 0 Å². The molecule has 0 aliphatic carbocycles. The number of nitrogens with zero attached hydrogens (tertiary/aromatic N) is 5. The summed E-state index contributed by atoms with van der Waals surface area (Å²) in [5, 5.41) is 16.1. The Morgan fingerprint density at radius 2 is 1.71 bits per heavy atom. The lowest BCUT2D eigenvalue weighted by Crippen LogP contribution is -2.29. The normalized spacial score (nSPS) is 14.5. The first-order chi connectivity index (χ1) is 18.2. The molecular formula is C26H23F3N6O3. The molecule has 196 valence electrons. The molecule has 1 aliphatic rings. The summed E-state index contributed by atoms with van der Waals surface area (Å²) in [5.41, 5.74) is 1.08. The molecule has 5 rings (SSSR count). The monoisotopic (exact) mass is 524 g/mol. The van der Waals surface area contributed by atoms with E-state index in [0.717, 1.165) is 47.7 Å². The summed E-state index contributed by atoms with van der Waals surface area (Å²) in [6, 6.07) is 6.68. The molecular weight excluding hydrogens is 501 g/mol. The number of carboxylic acids is 1. The number of pyridine rings is 2. The average molecular weight is 525 g/mol. The summed E-state index contributed by atoms with van der Waals surface area (Å²) in [7, 11) is 0. The molecule has 38 heavy (non-hydrogen) atoms. The van der Waals surface area contributed by atoms with E-state index in [1.807, 2.05) is 12.3 Å². The van der Waals surface area contributed by atoms with Gasteiger partial charge in [-0.05, 0) is 61.3 Å². The number of carbonyl (C=O) groups is 2. The zero-order valence-electron chi connectivity index (χ0n) is 20.1. The summed E-state index contributed by atoms with van der Waals surface area (Å²) in [6.45, 7) is 2.85. The Bertz CT molecular complexity index is 1510. The largest absolute Gasteiger partial charge is 0.476 e. The molecule has 0 unspecified atom stereocenters. The molecule has 4 aromatic rings. The van der Waals surface area contributed by atoms with E-state index in [1.165, 1.54) is 19.3 Å². The van der Waals surface area contributed by atoms with Crippen LogP contribution in [0.2, 0.25) is 0 Å². The molecule has 0 bridgehead atoms. The minimum absolute atomic E-state index is 0.181. The highest BCUT2D eigenvalue weighted by Crippen LogP contribution is 2.31. The summed E-state index contributed by atoms with van der Waals surface area (Å²) in [4.78, 5) is 35.1. The number of anilines is 1. The van der Waals surface area contributed by atoms with Crippen LogP contribution in [0.3, 0.4) is 0 Å². The summed E-state index contributed by atoms with van der Waals surface area (Å²) >= 11 is 0. The van der Waals surface area contributed by atoms with Gasteiger partial charge in [0.05, 0.1) is 23.0 Å². The third-order valence-corrected chi connectivity index (χ3v) is 6.37. The van der Waals surface area contributed by atoms with Crippen molar-refractivity contribution in [2.45, 2.75) is 32.0 Å². The van der Waals surface area contributed by atoms with Gasteiger partial charge in [0, 0.05) is 36.1 Å². The lowest BCUT2D eigenvalue weighted by Gasteiger charge is -2.26. The Morgan fingerprint density at radius 3 is 2.45 bits per heavy atom. The van der Waals surface area contributed by atoms with Crippen molar-refractivity contribution < 1.29 is 27.9 Å². The number of fused-ring (bicyclic) bond motifs is 1. The van der Waals surface area contributed by atoms with Gasteiger partial charge in [0.15, 0.2) is 5.69 Å². The van der Waals surface area contributed by atoms with Crippen LogP contribution in [0, 0.1) is 0 Å². The molecule has 0 radical (unpaired) electrons. The van der Waals surface area contributed by atoms with Crippen LogP contribution in [-0.2, 0) is 12.7 Å². The molecule has 3 aromatic heterocycles. The number of nitrogens with one attached hydrogen (secondary N) is 1. The van der Waals surface area contributed by atoms with Crippen molar-refractivity contribution in [3.8, 4) is 11.1 Å². The SMILES string of the molecule is O=C(O)c1nn(C(=O)Nc2cncc(C(F)(F)F)c2)c2ccc(-c3cncc(CN4CCCCC4)c3)cc12. The number of rotatable bonds is 5. The molecule has 0 atom stereocenters.